The summed E-state index contributed by atoms with van der Waals surface area (Å²) in [6.45, 7) is 6.41. The van der Waals surface area contributed by atoms with Crippen LogP contribution in [-0.2, 0) is 12.8 Å². The number of likely N-dealkylation sites (tertiary alicyclic amines) is 1. The van der Waals surface area contributed by atoms with Gasteiger partial charge in [-0.25, -0.2) is 4.79 Å². The van der Waals surface area contributed by atoms with Crippen molar-refractivity contribution in [3.63, 3.8) is 0 Å². The summed E-state index contributed by atoms with van der Waals surface area (Å²) in [5.41, 5.74) is 2.60. The number of nitrogens with zero attached hydrogens (tertiary/aromatic N) is 1. The SMILES string of the molecule is CN1CC[C@H](Oc2ccccc2-c2sc3c(c2C(=O)O)CC(C)(C)CC3)C1. The van der Waals surface area contributed by atoms with Crippen molar-refractivity contribution in [3.8, 4) is 16.2 Å². The maximum Gasteiger partial charge on any atom is 0.337 e. The van der Waals surface area contributed by atoms with Crippen molar-refractivity contribution in [1.29, 1.82) is 0 Å². The van der Waals surface area contributed by atoms with Crippen LogP contribution in [0.4, 0.5) is 0 Å². The lowest BCUT2D eigenvalue weighted by Crippen LogP contribution is -2.22. The second-order valence-electron chi connectivity index (χ2n) is 8.64. The van der Waals surface area contributed by atoms with Crippen LogP contribution in [-0.4, -0.2) is 42.2 Å². The molecule has 0 spiro atoms. The third-order valence-corrected chi connectivity index (χ3v) is 7.09. The number of likely N-dealkylation sites (N-methyl/N-ethyl adjacent to an activating group) is 1. The fraction of sp³-hybridized carbons (Fsp3) is 0.500. The van der Waals surface area contributed by atoms with Gasteiger partial charge in [-0.05, 0) is 55.8 Å². The predicted octanol–water partition coefficient (Wildman–Crippen LogP) is 4.71. The topological polar surface area (TPSA) is 49.8 Å². The number of carbonyl (C=O) groups is 1. The monoisotopic (exact) mass is 385 g/mol. The van der Waals surface area contributed by atoms with Crippen molar-refractivity contribution in [2.24, 2.45) is 5.41 Å². The normalized spacial score (nSPS) is 21.8. The van der Waals surface area contributed by atoms with Crippen molar-refractivity contribution in [3.05, 3.63) is 40.3 Å². The Bertz CT molecular complexity index is 870. The molecule has 2 aromatic rings. The maximum atomic E-state index is 12.2. The minimum atomic E-state index is -0.824. The van der Waals surface area contributed by atoms with Gasteiger partial charge in [-0.15, -0.1) is 11.3 Å². The fourth-order valence-electron chi connectivity index (χ4n) is 4.26. The van der Waals surface area contributed by atoms with Crippen LogP contribution < -0.4 is 4.74 Å². The van der Waals surface area contributed by atoms with Gasteiger partial charge in [0.2, 0.25) is 0 Å². The first kappa shape index (κ1) is 18.5. The molecular formula is C22H27NO3S. The van der Waals surface area contributed by atoms with Crippen LogP contribution in [0.5, 0.6) is 5.75 Å². The lowest BCUT2D eigenvalue weighted by atomic mass is 9.76. The van der Waals surface area contributed by atoms with Gasteiger partial charge in [0.05, 0.1) is 10.4 Å². The van der Waals surface area contributed by atoms with E-state index in [4.69, 9.17) is 4.74 Å². The van der Waals surface area contributed by atoms with Gasteiger partial charge in [0, 0.05) is 23.5 Å². The lowest BCUT2D eigenvalue weighted by molar-refractivity contribution is 0.0696. The van der Waals surface area contributed by atoms with Gasteiger partial charge in [-0.2, -0.15) is 0 Å². The van der Waals surface area contributed by atoms with E-state index in [1.54, 1.807) is 11.3 Å². The molecule has 1 atom stereocenters. The molecule has 4 nitrogen and oxygen atoms in total. The van der Waals surface area contributed by atoms with E-state index >= 15 is 0 Å². The standard InChI is InChI=1S/C22H27NO3S/c1-22(2)10-8-18-16(12-22)19(21(24)25)20(27-18)15-6-4-5-7-17(15)26-14-9-11-23(3)13-14/h4-7,14H,8-13H2,1-3H3,(H,24,25)/t14-/m0/s1. The number of aryl methyl sites for hydroxylation is 1. The summed E-state index contributed by atoms with van der Waals surface area (Å²) in [5.74, 6) is -0.0197. The summed E-state index contributed by atoms with van der Waals surface area (Å²) in [7, 11) is 2.10. The molecule has 1 saturated heterocycles. The highest BCUT2D eigenvalue weighted by Gasteiger charge is 2.33. The van der Waals surface area contributed by atoms with E-state index in [-0.39, 0.29) is 11.5 Å². The average Bonchev–Trinajstić information content (AvgIpc) is 3.17. The Morgan fingerprint density at radius 2 is 2.11 bits per heavy atom. The first-order valence-electron chi connectivity index (χ1n) is 9.66. The van der Waals surface area contributed by atoms with Gasteiger partial charge < -0.3 is 14.7 Å². The molecule has 4 rings (SSSR count). The highest BCUT2D eigenvalue weighted by atomic mass is 32.1. The number of rotatable bonds is 4. The summed E-state index contributed by atoms with van der Waals surface area (Å²) < 4.78 is 6.31. The molecule has 1 N–H and O–H groups in total. The molecular weight excluding hydrogens is 358 g/mol. The third kappa shape index (κ3) is 3.63. The van der Waals surface area contributed by atoms with Gasteiger partial charge in [0.25, 0.3) is 0 Å². The predicted molar refractivity (Wildman–Crippen MR) is 109 cm³/mol. The van der Waals surface area contributed by atoms with Crippen LogP contribution >= 0.6 is 11.3 Å². The number of thiophene rings is 1. The van der Waals surface area contributed by atoms with Crippen LogP contribution in [0.25, 0.3) is 10.4 Å². The summed E-state index contributed by atoms with van der Waals surface area (Å²) in [6.07, 6.45) is 4.07. The smallest absolute Gasteiger partial charge is 0.337 e. The number of fused-ring (bicyclic) bond motifs is 1. The highest BCUT2D eigenvalue weighted by Crippen LogP contribution is 2.47. The van der Waals surface area contributed by atoms with E-state index in [0.29, 0.717) is 5.56 Å². The first-order valence-corrected chi connectivity index (χ1v) is 10.5. The van der Waals surface area contributed by atoms with Crippen LogP contribution in [0.3, 0.4) is 0 Å². The molecule has 0 bridgehead atoms. The molecule has 2 heterocycles. The van der Waals surface area contributed by atoms with E-state index in [2.05, 4.69) is 25.8 Å². The Kier molecular flexibility index (Phi) is 4.77. The molecule has 1 aliphatic heterocycles. The molecule has 1 fully saturated rings. The second kappa shape index (κ2) is 6.95. The summed E-state index contributed by atoms with van der Waals surface area (Å²) in [6, 6.07) is 7.91. The Morgan fingerprint density at radius 3 is 2.81 bits per heavy atom. The zero-order valence-electron chi connectivity index (χ0n) is 16.2. The number of carboxylic acids is 1. The van der Waals surface area contributed by atoms with E-state index in [0.717, 1.165) is 60.5 Å². The number of ether oxygens (including phenoxy) is 1. The highest BCUT2D eigenvalue weighted by molar-refractivity contribution is 7.16. The number of aromatic carboxylic acids is 1. The van der Waals surface area contributed by atoms with E-state index in [1.807, 2.05) is 24.3 Å². The molecule has 0 unspecified atom stereocenters. The Balaban J connectivity index is 1.76. The number of hydrogen-bond acceptors (Lipinski definition) is 4. The van der Waals surface area contributed by atoms with Crippen LogP contribution in [0.2, 0.25) is 0 Å². The molecule has 0 saturated carbocycles. The average molecular weight is 386 g/mol. The summed E-state index contributed by atoms with van der Waals surface area (Å²) in [4.78, 5) is 16.6. The Morgan fingerprint density at radius 1 is 1.33 bits per heavy atom. The summed E-state index contributed by atoms with van der Waals surface area (Å²) >= 11 is 1.65. The molecule has 5 heteroatoms. The zero-order chi connectivity index (χ0) is 19.2. The number of carboxylic acid groups (broad SMARTS) is 1. The van der Waals surface area contributed by atoms with E-state index in [9.17, 15) is 9.90 Å². The van der Waals surface area contributed by atoms with Crippen molar-refractivity contribution in [1.82, 2.24) is 4.90 Å². The van der Waals surface area contributed by atoms with E-state index < -0.39 is 5.97 Å². The van der Waals surface area contributed by atoms with Crippen molar-refractivity contribution in [2.45, 2.75) is 45.6 Å². The first-order chi connectivity index (χ1) is 12.8. The fourth-order valence-corrected chi connectivity index (χ4v) is 5.60. The van der Waals surface area contributed by atoms with Gasteiger partial charge in [-0.3, -0.25) is 0 Å². The van der Waals surface area contributed by atoms with Crippen LogP contribution in [0.1, 0.15) is 47.5 Å². The van der Waals surface area contributed by atoms with Gasteiger partial charge in [0.15, 0.2) is 0 Å². The quantitative estimate of drug-likeness (QED) is 0.828. The van der Waals surface area contributed by atoms with Gasteiger partial charge >= 0.3 is 5.97 Å². The van der Waals surface area contributed by atoms with Crippen molar-refractivity contribution in [2.75, 3.05) is 20.1 Å². The van der Waals surface area contributed by atoms with Crippen LogP contribution in [0.15, 0.2) is 24.3 Å². The molecule has 1 aliphatic carbocycles. The third-order valence-electron chi connectivity index (χ3n) is 5.76. The second-order valence-corrected chi connectivity index (χ2v) is 9.75. The molecule has 1 aromatic heterocycles. The molecule has 144 valence electrons. The minimum absolute atomic E-state index is 0.153. The maximum absolute atomic E-state index is 12.2. The largest absolute Gasteiger partial charge is 0.488 e. The van der Waals surface area contributed by atoms with E-state index in [1.165, 1.54) is 4.88 Å². The molecule has 0 radical (unpaired) electrons. The Hall–Kier alpha value is -1.85. The number of para-hydroxylation sites is 1. The summed E-state index contributed by atoms with van der Waals surface area (Å²) in [5, 5.41) is 10.0. The number of hydrogen-bond donors (Lipinski definition) is 1. The lowest BCUT2D eigenvalue weighted by Gasteiger charge is -2.29. The minimum Gasteiger partial charge on any atom is -0.488 e. The Labute approximate surface area is 164 Å². The molecule has 1 aromatic carbocycles. The van der Waals surface area contributed by atoms with Gasteiger partial charge in [-0.1, -0.05) is 26.0 Å². The molecule has 0 amide bonds. The van der Waals surface area contributed by atoms with Gasteiger partial charge in [0.1, 0.15) is 11.9 Å². The van der Waals surface area contributed by atoms with Crippen molar-refractivity contribution >= 4 is 17.3 Å². The van der Waals surface area contributed by atoms with Crippen LogP contribution in [0, 0.1) is 5.41 Å². The van der Waals surface area contributed by atoms with Crippen molar-refractivity contribution < 1.29 is 14.6 Å². The molecule has 2 aliphatic rings. The number of benzene rings is 1. The molecule has 27 heavy (non-hydrogen) atoms. The zero-order valence-corrected chi connectivity index (χ0v) is 17.1.